The fourth-order valence-corrected chi connectivity index (χ4v) is 1.44. The van der Waals surface area contributed by atoms with Crippen molar-refractivity contribution in [3.05, 3.63) is 5.89 Å². The zero-order chi connectivity index (χ0) is 12.0. The predicted molar refractivity (Wildman–Crippen MR) is 54.1 cm³/mol. The van der Waals surface area contributed by atoms with Crippen molar-refractivity contribution in [1.29, 1.82) is 0 Å². The van der Waals surface area contributed by atoms with E-state index in [1.54, 1.807) is 6.92 Å². The van der Waals surface area contributed by atoms with Gasteiger partial charge in [-0.05, 0) is 6.92 Å². The van der Waals surface area contributed by atoms with Gasteiger partial charge in [0, 0.05) is 5.75 Å². The van der Waals surface area contributed by atoms with Crippen molar-refractivity contribution in [2.24, 2.45) is 0 Å². The number of hydrogen-bond donors (Lipinski definition) is 2. The summed E-state index contributed by atoms with van der Waals surface area (Å²) in [5.74, 6) is -0.687. The van der Waals surface area contributed by atoms with Gasteiger partial charge in [0.05, 0.1) is 19.3 Å². The minimum absolute atomic E-state index is 0.149. The molecule has 0 bridgehead atoms. The van der Waals surface area contributed by atoms with Gasteiger partial charge in [0.2, 0.25) is 0 Å². The third-order valence-electron chi connectivity index (χ3n) is 1.47. The van der Waals surface area contributed by atoms with E-state index in [0.29, 0.717) is 0 Å². The number of aliphatic hydroxyl groups excluding tert-OH is 2. The van der Waals surface area contributed by atoms with Gasteiger partial charge in [0.25, 0.3) is 5.22 Å². The van der Waals surface area contributed by atoms with E-state index in [1.165, 1.54) is 0 Å². The SMILES string of the molecule is CCOC(=O)c1nnc(SCC(O)CO)o1. The molecule has 1 aromatic rings. The zero-order valence-corrected chi connectivity index (χ0v) is 9.44. The lowest BCUT2D eigenvalue weighted by molar-refractivity contribution is 0.0475. The Labute approximate surface area is 95.8 Å². The van der Waals surface area contributed by atoms with Crippen LogP contribution in [0, 0.1) is 0 Å². The Balaban J connectivity index is 2.48. The summed E-state index contributed by atoms with van der Waals surface area (Å²) >= 11 is 1.05. The van der Waals surface area contributed by atoms with Crippen LogP contribution in [0.2, 0.25) is 0 Å². The first-order chi connectivity index (χ1) is 7.67. The number of thioether (sulfide) groups is 1. The van der Waals surface area contributed by atoms with Crippen LogP contribution in [0.4, 0.5) is 0 Å². The summed E-state index contributed by atoms with van der Waals surface area (Å²) in [4.78, 5) is 11.1. The number of nitrogens with zero attached hydrogens (tertiary/aromatic N) is 2. The fourth-order valence-electron chi connectivity index (χ4n) is 0.764. The lowest BCUT2D eigenvalue weighted by Crippen LogP contribution is -2.14. The van der Waals surface area contributed by atoms with Crippen LogP contribution in [0.5, 0.6) is 0 Å². The molecule has 90 valence electrons. The van der Waals surface area contributed by atoms with Crippen molar-refractivity contribution >= 4 is 17.7 Å². The maximum Gasteiger partial charge on any atom is 0.396 e. The molecule has 1 aromatic heterocycles. The molecule has 0 amide bonds. The van der Waals surface area contributed by atoms with Gasteiger partial charge in [0.1, 0.15) is 0 Å². The Morgan fingerprint density at radius 2 is 2.38 bits per heavy atom. The summed E-state index contributed by atoms with van der Waals surface area (Å²) in [6.07, 6.45) is -0.858. The van der Waals surface area contributed by atoms with Crippen LogP contribution in [0.1, 0.15) is 17.6 Å². The molecule has 8 heteroatoms. The van der Waals surface area contributed by atoms with Crippen molar-refractivity contribution in [1.82, 2.24) is 10.2 Å². The Morgan fingerprint density at radius 3 is 3.00 bits per heavy atom. The Bertz CT molecular complexity index is 343. The standard InChI is InChI=1S/C8H12N2O5S/c1-2-14-7(13)6-9-10-8(15-6)16-4-5(12)3-11/h5,11-12H,2-4H2,1H3. The molecule has 0 saturated carbocycles. The maximum atomic E-state index is 11.1. The maximum absolute atomic E-state index is 11.1. The first-order valence-electron chi connectivity index (χ1n) is 4.59. The Hall–Kier alpha value is -1.12. The molecule has 0 aliphatic rings. The Morgan fingerprint density at radius 1 is 1.62 bits per heavy atom. The van der Waals surface area contributed by atoms with E-state index in [1.807, 2.05) is 0 Å². The lowest BCUT2D eigenvalue weighted by atomic mass is 10.4. The number of aliphatic hydroxyl groups is 2. The molecule has 0 aliphatic heterocycles. The minimum atomic E-state index is -0.858. The highest BCUT2D eigenvalue weighted by Crippen LogP contribution is 2.17. The minimum Gasteiger partial charge on any atom is -0.459 e. The predicted octanol–water partition coefficient (Wildman–Crippen LogP) is -0.308. The first-order valence-corrected chi connectivity index (χ1v) is 5.58. The van der Waals surface area contributed by atoms with Crippen LogP contribution in [0.3, 0.4) is 0 Å². The van der Waals surface area contributed by atoms with E-state index in [2.05, 4.69) is 14.9 Å². The topological polar surface area (TPSA) is 106 Å². The molecule has 1 unspecified atom stereocenters. The molecule has 1 heterocycles. The van der Waals surface area contributed by atoms with Gasteiger partial charge in [-0.1, -0.05) is 16.9 Å². The monoisotopic (exact) mass is 248 g/mol. The van der Waals surface area contributed by atoms with Gasteiger partial charge < -0.3 is 19.4 Å². The summed E-state index contributed by atoms with van der Waals surface area (Å²) in [5.41, 5.74) is 0. The van der Waals surface area contributed by atoms with Crippen LogP contribution < -0.4 is 0 Å². The highest BCUT2D eigenvalue weighted by atomic mass is 32.2. The summed E-state index contributed by atoms with van der Waals surface area (Å²) in [6, 6.07) is 0. The number of carbonyl (C=O) groups excluding carboxylic acids is 1. The van der Waals surface area contributed by atoms with E-state index in [-0.39, 0.29) is 30.1 Å². The fraction of sp³-hybridized carbons (Fsp3) is 0.625. The quantitative estimate of drug-likeness (QED) is 0.521. The van der Waals surface area contributed by atoms with Crippen LogP contribution >= 0.6 is 11.8 Å². The molecule has 0 saturated heterocycles. The van der Waals surface area contributed by atoms with E-state index in [0.717, 1.165) is 11.8 Å². The van der Waals surface area contributed by atoms with Gasteiger partial charge >= 0.3 is 11.9 Å². The average molecular weight is 248 g/mol. The summed E-state index contributed by atoms with van der Waals surface area (Å²) < 4.78 is 9.62. The number of hydrogen-bond acceptors (Lipinski definition) is 8. The van der Waals surface area contributed by atoms with Crippen molar-refractivity contribution in [3.8, 4) is 0 Å². The highest BCUT2D eigenvalue weighted by molar-refractivity contribution is 7.99. The first kappa shape index (κ1) is 12.9. The zero-order valence-electron chi connectivity index (χ0n) is 8.62. The molecule has 0 spiro atoms. The van der Waals surface area contributed by atoms with Crippen LogP contribution in [-0.4, -0.2) is 51.5 Å². The van der Waals surface area contributed by atoms with E-state index < -0.39 is 12.1 Å². The molecular weight excluding hydrogens is 236 g/mol. The van der Waals surface area contributed by atoms with Gasteiger partial charge in [-0.25, -0.2) is 4.79 Å². The summed E-state index contributed by atoms with van der Waals surface area (Å²) in [7, 11) is 0. The van der Waals surface area contributed by atoms with Crippen LogP contribution in [0.15, 0.2) is 9.64 Å². The molecule has 2 N–H and O–H groups in total. The van der Waals surface area contributed by atoms with E-state index in [4.69, 9.17) is 14.6 Å². The highest BCUT2D eigenvalue weighted by Gasteiger charge is 2.16. The number of ether oxygens (including phenoxy) is 1. The molecular formula is C8H12N2O5S. The number of rotatable bonds is 6. The number of carbonyl (C=O) groups is 1. The molecule has 0 radical (unpaired) electrons. The number of aromatic nitrogens is 2. The molecule has 16 heavy (non-hydrogen) atoms. The molecule has 0 aromatic carbocycles. The van der Waals surface area contributed by atoms with Crippen molar-refractivity contribution in [2.75, 3.05) is 19.0 Å². The second-order valence-corrected chi connectivity index (χ2v) is 3.71. The average Bonchev–Trinajstić information content (AvgIpc) is 2.75. The molecule has 1 atom stereocenters. The van der Waals surface area contributed by atoms with Crippen LogP contribution in [0.25, 0.3) is 0 Å². The molecule has 7 nitrogen and oxygen atoms in total. The van der Waals surface area contributed by atoms with Crippen LogP contribution in [-0.2, 0) is 4.74 Å². The second-order valence-electron chi connectivity index (χ2n) is 2.74. The van der Waals surface area contributed by atoms with Gasteiger partial charge in [-0.2, -0.15) is 0 Å². The van der Waals surface area contributed by atoms with Crippen molar-refractivity contribution in [2.45, 2.75) is 18.3 Å². The smallest absolute Gasteiger partial charge is 0.396 e. The van der Waals surface area contributed by atoms with E-state index >= 15 is 0 Å². The second kappa shape index (κ2) is 6.46. The largest absolute Gasteiger partial charge is 0.459 e. The Kier molecular flexibility index (Phi) is 5.23. The van der Waals surface area contributed by atoms with E-state index in [9.17, 15) is 4.79 Å². The lowest BCUT2D eigenvalue weighted by Gasteiger charge is -2.02. The normalized spacial score (nSPS) is 12.4. The number of esters is 1. The van der Waals surface area contributed by atoms with Crippen molar-refractivity contribution < 1.29 is 24.2 Å². The van der Waals surface area contributed by atoms with Crippen molar-refractivity contribution in [3.63, 3.8) is 0 Å². The molecule has 0 aliphatic carbocycles. The molecule has 0 fully saturated rings. The summed E-state index contributed by atoms with van der Waals surface area (Å²) in [6.45, 7) is 1.56. The molecule has 1 rings (SSSR count). The third-order valence-corrected chi connectivity index (χ3v) is 2.43. The van der Waals surface area contributed by atoms with Gasteiger partial charge in [0.15, 0.2) is 0 Å². The third kappa shape index (κ3) is 3.80. The summed E-state index contributed by atoms with van der Waals surface area (Å²) in [5, 5.41) is 24.8. The van der Waals surface area contributed by atoms with Gasteiger partial charge in [-0.3, -0.25) is 0 Å². The van der Waals surface area contributed by atoms with Gasteiger partial charge in [-0.15, -0.1) is 5.10 Å².